The molecule has 3 N–H and O–H groups in total. The summed E-state index contributed by atoms with van der Waals surface area (Å²) in [5.74, 6) is 0.724. The largest absolute Gasteiger partial charge is 0.482 e. The topological polar surface area (TPSA) is 84.7 Å². The molecule has 2 aliphatic rings. The zero-order chi connectivity index (χ0) is 15.7. The van der Waals surface area contributed by atoms with Crippen molar-refractivity contribution in [2.75, 3.05) is 25.0 Å². The van der Waals surface area contributed by atoms with Gasteiger partial charge in [-0.1, -0.05) is 0 Å². The number of ether oxygens (including phenoxy) is 1. The van der Waals surface area contributed by atoms with Crippen LogP contribution in [0.25, 0.3) is 0 Å². The lowest BCUT2D eigenvalue weighted by Gasteiger charge is -2.34. The summed E-state index contributed by atoms with van der Waals surface area (Å²) >= 11 is 0. The van der Waals surface area contributed by atoms with E-state index in [1.54, 1.807) is 18.2 Å². The van der Waals surface area contributed by atoms with Gasteiger partial charge in [-0.25, -0.2) is 0 Å². The van der Waals surface area contributed by atoms with Crippen molar-refractivity contribution in [2.24, 2.45) is 11.7 Å². The standard InChI is InChI=1S/C16H21N3O3/c1-10(17)12-3-2-6-19(8-12)16(21)11-4-5-14-13(7-11)18-15(20)9-22-14/h4-5,7,10,12H,2-3,6,8-9,17H2,1H3,(H,18,20)/t10-,12-/m0/s1. The highest BCUT2D eigenvalue weighted by Crippen LogP contribution is 2.29. The summed E-state index contributed by atoms with van der Waals surface area (Å²) in [5.41, 5.74) is 7.10. The van der Waals surface area contributed by atoms with E-state index in [4.69, 9.17) is 10.5 Å². The third kappa shape index (κ3) is 2.92. The van der Waals surface area contributed by atoms with Gasteiger partial charge in [-0.3, -0.25) is 9.59 Å². The van der Waals surface area contributed by atoms with E-state index in [-0.39, 0.29) is 24.5 Å². The van der Waals surface area contributed by atoms with E-state index in [1.165, 1.54) is 0 Å². The molecular weight excluding hydrogens is 282 g/mol. The maximum Gasteiger partial charge on any atom is 0.262 e. The number of nitrogens with zero attached hydrogens (tertiary/aromatic N) is 1. The van der Waals surface area contributed by atoms with Crippen LogP contribution in [0.4, 0.5) is 5.69 Å². The van der Waals surface area contributed by atoms with E-state index in [2.05, 4.69) is 5.32 Å². The molecule has 2 atom stereocenters. The summed E-state index contributed by atoms with van der Waals surface area (Å²) in [4.78, 5) is 25.9. The van der Waals surface area contributed by atoms with Gasteiger partial charge in [-0.2, -0.15) is 0 Å². The minimum atomic E-state index is -0.202. The summed E-state index contributed by atoms with van der Waals surface area (Å²) in [6.45, 7) is 3.45. The number of carbonyl (C=O) groups is 2. The Labute approximate surface area is 129 Å². The summed E-state index contributed by atoms with van der Waals surface area (Å²) in [6, 6.07) is 5.25. The van der Waals surface area contributed by atoms with Crippen molar-refractivity contribution in [2.45, 2.75) is 25.8 Å². The number of anilines is 1. The zero-order valence-corrected chi connectivity index (χ0v) is 12.7. The van der Waals surface area contributed by atoms with Gasteiger partial charge in [-0.15, -0.1) is 0 Å². The first-order valence-electron chi connectivity index (χ1n) is 7.66. The van der Waals surface area contributed by atoms with Crippen LogP contribution in [0.1, 0.15) is 30.1 Å². The molecule has 1 saturated heterocycles. The van der Waals surface area contributed by atoms with Gasteiger partial charge in [0.1, 0.15) is 5.75 Å². The Hall–Kier alpha value is -2.08. The minimum absolute atomic E-state index is 0.0164. The number of piperidine rings is 1. The van der Waals surface area contributed by atoms with Gasteiger partial charge in [-0.05, 0) is 43.9 Å². The number of carbonyl (C=O) groups excluding carboxylic acids is 2. The molecular formula is C16H21N3O3. The molecule has 3 rings (SSSR count). The van der Waals surface area contributed by atoms with E-state index in [9.17, 15) is 9.59 Å². The normalized spacial score (nSPS) is 22.4. The summed E-state index contributed by atoms with van der Waals surface area (Å²) in [6.07, 6.45) is 2.04. The van der Waals surface area contributed by atoms with Crippen molar-refractivity contribution < 1.29 is 14.3 Å². The monoisotopic (exact) mass is 303 g/mol. The number of hydrogen-bond acceptors (Lipinski definition) is 4. The Balaban J connectivity index is 1.77. The second-order valence-corrected chi connectivity index (χ2v) is 6.06. The maximum absolute atomic E-state index is 12.7. The fourth-order valence-corrected chi connectivity index (χ4v) is 3.02. The molecule has 118 valence electrons. The Morgan fingerprint density at radius 2 is 2.32 bits per heavy atom. The first-order valence-corrected chi connectivity index (χ1v) is 7.66. The molecule has 0 radical (unpaired) electrons. The molecule has 0 saturated carbocycles. The second kappa shape index (κ2) is 5.96. The highest BCUT2D eigenvalue weighted by atomic mass is 16.5. The number of likely N-dealkylation sites (tertiary alicyclic amines) is 1. The molecule has 1 aromatic rings. The van der Waals surface area contributed by atoms with Crippen molar-refractivity contribution in [1.82, 2.24) is 4.90 Å². The fraction of sp³-hybridized carbons (Fsp3) is 0.500. The third-order valence-electron chi connectivity index (χ3n) is 4.35. The Morgan fingerprint density at radius 3 is 3.09 bits per heavy atom. The molecule has 22 heavy (non-hydrogen) atoms. The average molecular weight is 303 g/mol. The van der Waals surface area contributed by atoms with E-state index < -0.39 is 0 Å². The van der Waals surface area contributed by atoms with Crippen molar-refractivity contribution in [1.29, 1.82) is 0 Å². The molecule has 1 aromatic carbocycles. The van der Waals surface area contributed by atoms with E-state index in [1.807, 2.05) is 11.8 Å². The quantitative estimate of drug-likeness (QED) is 0.860. The van der Waals surface area contributed by atoms with Crippen LogP contribution in [0.3, 0.4) is 0 Å². The number of nitrogens with two attached hydrogens (primary N) is 1. The molecule has 6 heteroatoms. The summed E-state index contributed by atoms with van der Waals surface area (Å²) in [7, 11) is 0. The van der Waals surface area contributed by atoms with Crippen molar-refractivity contribution in [3.8, 4) is 5.75 Å². The zero-order valence-electron chi connectivity index (χ0n) is 12.7. The number of nitrogens with one attached hydrogen (secondary N) is 1. The van der Waals surface area contributed by atoms with Gasteiger partial charge in [0, 0.05) is 24.7 Å². The number of rotatable bonds is 2. The molecule has 0 unspecified atom stereocenters. The number of amides is 2. The predicted octanol–water partition coefficient (Wildman–Crippen LogP) is 1.22. The second-order valence-electron chi connectivity index (χ2n) is 6.06. The van der Waals surface area contributed by atoms with Gasteiger partial charge in [0.15, 0.2) is 6.61 Å². The minimum Gasteiger partial charge on any atom is -0.482 e. The Morgan fingerprint density at radius 1 is 1.50 bits per heavy atom. The lowest BCUT2D eigenvalue weighted by Crippen LogP contribution is -2.45. The Kier molecular flexibility index (Phi) is 4.02. The third-order valence-corrected chi connectivity index (χ3v) is 4.35. The highest BCUT2D eigenvalue weighted by Gasteiger charge is 2.27. The van der Waals surface area contributed by atoms with E-state index >= 15 is 0 Å². The molecule has 0 bridgehead atoms. The van der Waals surface area contributed by atoms with Gasteiger partial charge in [0.25, 0.3) is 11.8 Å². The first-order chi connectivity index (χ1) is 10.5. The van der Waals surface area contributed by atoms with Gasteiger partial charge >= 0.3 is 0 Å². The van der Waals surface area contributed by atoms with Crippen LogP contribution in [0.5, 0.6) is 5.75 Å². The molecule has 2 aliphatic heterocycles. The van der Waals surface area contributed by atoms with Crippen LogP contribution in [-0.4, -0.2) is 42.5 Å². The average Bonchev–Trinajstić information content (AvgIpc) is 2.53. The highest BCUT2D eigenvalue weighted by molar-refractivity contribution is 5.99. The molecule has 1 fully saturated rings. The Bertz CT molecular complexity index is 600. The van der Waals surface area contributed by atoms with E-state index in [0.29, 0.717) is 29.5 Å². The van der Waals surface area contributed by atoms with Gasteiger partial charge in [0.05, 0.1) is 5.69 Å². The van der Waals surface area contributed by atoms with Crippen LogP contribution >= 0.6 is 0 Å². The van der Waals surface area contributed by atoms with Crippen LogP contribution in [0.2, 0.25) is 0 Å². The van der Waals surface area contributed by atoms with Crippen molar-refractivity contribution in [3.05, 3.63) is 23.8 Å². The maximum atomic E-state index is 12.7. The molecule has 0 spiro atoms. The lowest BCUT2D eigenvalue weighted by molar-refractivity contribution is -0.118. The SMILES string of the molecule is C[C@H](N)[C@H]1CCCN(C(=O)c2ccc3c(c2)NC(=O)CO3)C1. The van der Waals surface area contributed by atoms with Crippen LogP contribution < -0.4 is 15.8 Å². The predicted molar refractivity (Wildman–Crippen MR) is 82.8 cm³/mol. The number of fused-ring (bicyclic) bond motifs is 1. The smallest absolute Gasteiger partial charge is 0.262 e. The lowest BCUT2D eigenvalue weighted by atomic mass is 9.92. The fourth-order valence-electron chi connectivity index (χ4n) is 3.02. The van der Waals surface area contributed by atoms with Crippen molar-refractivity contribution >= 4 is 17.5 Å². The number of benzene rings is 1. The molecule has 0 aliphatic carbocycles. The van der Waals surface area contributed by atoms with Crippen LogP contribution in [0, 0.1) is 5.92 Å². The molecule has 2 amide bonds. The van der Waals surface area contributed by atoms with Crippen LogP contribution in [-0.2, 0) is 4.79 Å². The molecule has 0 aromatic heterocycles. The number of hydrogen-bond donors (Lipinski definition) is 2. The molecule has 2 heterocycles. The van der Waals surface area contributed by atoms with E-state index in [0.717, 1.165) is 19.4 Å². The summed E-state index contributed by atoms with van der Waals surface area (Å²) in [5, 5.41) is 2.73. The van der Waals surface area contributed by atoms with Gasteiger partial charge in [0.2, 0.25) is 0 Å². The molecule has 6 nitrogen and oxygen atoms in total. The van der Waals surface area contributed by atoms with Gasteiger partial charge < -0.3 is 20.7 Å². The summed E-state index contributed by atoms with van der Waals surface area (Å²) < 4.78 is 5.31. The van der Waals surface area contributed by atoms with Crippen LogP contribution in [0.15, 0.2) is 18.2 Å². The first kappa shape index (κ1) is 14.8. The van der Waals surface area contributed by atoms with Crippen molar-refractivity contribution in [3.63, 3.8) is 0 Å².